The minimum atomic E-state index is -1.05. The molecule has 11 heteroatoms. The maximum Gasteiger partial charge on any atom is 0.251 e. The number of hydrogen-bond donors (Lipinski definition) is 3. The average Bonchev–Trinajstić information content (AvgIpc) is 3.42. The van der Waals surface area contributed by atoms with Crippen LogP contribution in [0.25, 0.3) is 11.2 Å². The Morgan fingerprint density at radius 2 is 1.72 bits per heavy atom. The van der Waals surface area contributed by atoms with Gasteiger partial charge in [-0.2, -0.15) is 0 Å². The number of rotatable bonds is 13. The third-order valence-electron chi connectivity index (χ3n) is 6.96. The van der Waals surface area contributed by atoms with E-state index in [9.17, 15) is 18.7 Å². The van der Waals surface area contributed by atoms with Crippen LogP contribution in [0.4, 0.5) is 8.78 Å². The van der Waals surface area contributed by atoms with Crippen LogP contribution in [0.5, 0.6) is 0 Å². The first-order valence-electron chi connectivity index (χ1n) is 14.0. The van der Waals surface area contributed by atoms with Gasteiger partial charge < -0.3 is 20.6 Å². The monoisotopic (exact) mass is 586 g/mol. The molecule has 3 N–H and O–H groups in total. The van der Waals surface area contributed by atoms with Crippen molar-refractivity contribution in [3.63, 3.8) is 0 Å². The molecule has 0 bridgehead atoms. The molecule has 9 nitrogen and oxygen atoms in total. The first kappa shape index (κ1) is 29.7. The fraction of sp³-hybridized carbons (Fsp3) is 0.250. The van der Waals surface area contributed by atoms with E-state index in [1.807, 2.05) is 12.1 Å². The number of carbonyl (C=O) groups is 1. The van der Waals surface area contributed by atoms with Crippen LogP contribution in [0.1, 0.15) is 39.5 Å². The normalized spacial score (nSPS) is 12.7. The molecule has 0 aliphatic carbocycles. The molecule has 0 saturated carbocycles. The molecule has 0 fully saturated rings. The number of fused-ring (bicyclic) bond motifs is 1. The van der Waals surface area contributed by atoms with E-state index in [1.165, 1.54) is 22.5 Å². The molecule has 2 unspecified atom stereocenters. The zero-order valence-corrected chi connectivity index (χ0v) is 23.6. The Hall–Kier alpha value is -4.74. The van der Waals surface area contributed by atoms with E-state index in [-0.39, 0.29) is 19.6 Å². The summed E-state index contributed by atoms with van der Waals surface area (Å²) in [5, 5.41) is 25.1. The number of halogens is 2. The fourth-order valence-corrected chi connectivity index (χ4v) is 4.75. The largest absolute Gasteiger partial charge is 0.390 e. The molecule has 2 aromatic heterocycles. The molecule has 0 saturated heterocycles. The number of nitrogens with zero attached hydrogens (tertiary/aromatic N) is 4. The number of aliphatic hydroxyl groups is 1. The molecule has 1 amide bonds. The summed E-state index contributed by atoms with van der Waals surface area (Å²) in [6.07, 6.45) is 1.49. The first-order valence-corrected chi connectivity index (χ1v) is 14.0. The van der Waals surface area contributed by atoms with Crippen molar-refractivity contribution < 1.29 is 23.5 Å². The zero-order valence-electron chi connectivity index (χ0n) is 23.6. The summed E-state index contributed by atoms with van der Waals surface area (Å²) in [5.74, 6) is -1.91. The van der Waals surface area contributed by atoms with Crippen LogP contribution in [-0.4, -0.2) is 49.8 Å². The third kappa shape index (κ3) is 7.97. The summed E-state index contributed by atoms with van der Waals surface area (Å²) in [4.78, 5) is 24.5. The van der Waals surface area contributed by atoms with Crippen LogP contribution in [0.2, 0.25) is 0 Å². The summed E-state index contributed by atoms with van der Waals surface area (Å²) < 4.78 is 27.9. The highest BCUT2D eigenvalue weighted by molar-refractivity contribution is 5.94. The number of nitrogens with one attached hydrogen (secondary N) is 2. The Morgan fingerprint density at radius 1 is 0.953 bits per heavy atom. The van der Waals surface area contributed by atoms with Crippen molar-refractivity contribution in [3.8, 4) is 0 Å². The lowest BCUT2D eigenvalue weighted by molar-refractivity contribution is 0.0737. The molecule has 5 aromatic rings. The van der Waals surface area contributed by atoms with Crippen molar-refractivity contribution in [3.05, 3.63) is 125 Å². The molecule has 5 rings (SSSR count). The van der Waals surface area contributed by atoms with Crippen LogP contribution in [0, 0.1) is 11.6 Å². The Balaban J connectivity index is 1.26. The van der Waals surface area contributed by atoms with Gasteiger partial charge in [0.1, 0.15) is 23.8 Å². The summed E-state index contributed by atoms with van der Waals surface area (Å²) >= 11 is 0. The minimum Gasteiger partial charge on any atom is -0.390 e. The standard InChI is InChI=1S/C32H32F2N6O3/c1-2-21-6-3-7-22(12-21)18-35-19-30(41)29(16-24-14-26(33)17-27(34)15-24)37-32(42)25-9-4-8-23(13-25)20-43-40-31-28(38-39-40)10-5-11-36-31/h3-15,17,29-30,35,41H,2,16,18-20H2,1H3,(H,37,42). The average molecular weight is 587 g/mol. The van der Waals surface area contributed by atoms with Gasteiger partial charge in [-0.15, -0.1) is 5.10 Å². The number of amides is 1. The van der Waals surface area contributed by atoms with Gasteiger partial charge in [-0.05, 0) is 76.7 Å². The number of carbonyl (C=O) groups excluding carboxylic acids is 1. The molecule has 2 atom stereocenters. The second-order valence-electron chi connectivity index (χ2n) is 10.2. The van der Waals surface area contributed by atoms with Crippen molar-refractivity contribution in [2.45, 2.75) is 45.1 Å². The third-order valence-corrected chi connectivity index (χ3v) is 6.96. The second-order valence-corrected chi connectivity index (χ2v) is 10.2. The van der Waals surface area contributed by atoms with E-state index in [0.29, 0.717) is 34.4 Å². The van der Waals surface area contributed by atoms with Gasteiger partial charge in [-0.25, -0.2) is 13.8 Å². The van der Waals surface area contributed by atoms with Crippen LogP contribution in [0.15, 0.2) is 85.1 Å². The summed E-state index contributed by atoms with van der Waals surface area (Å²) in [6.45, 7) is 2.83. The predicted octanol–water partition coefficient (Wildman–Crippen LogP) is 3.79. The number of hydrogen-bond acceptors (Lipinski definition) is 7. The van der Waals surface area contributed by atoms with Gasteiger partial charge >= 0.3 is 0 Å². The Morgan fingerprint density at radius 3 is 2.53 bits per heavy atom. The molecule has 0 radical (unpaired) electrons. The zero-order chi connectivity index (χ0) is 30.2. The summed E-state index contributed by atoms with van der Waals surface area (Å²) in [6, 6.07) is 20.8. The smallest absolute Gasteiger partial charge is 0.251 e. The lowest BCUT2D eigenvalue weighted by atomic mass is 9.99. The molecule has 3 aromatic carbocycles. The topological polar surface area (TPSA) is 114 Å². The lowest BCUT2D eigenvalue weighted by Gasteiger charge is -2.25. The minimum absolute atomic E-state index is 0.0176. The lowest BCUT2D eigenvalue weighted by Crippen LogP contribution is -2.48. The van der Waals surface area contributed by atoms with Gasteiger partial charge in [0.2, 0.25) is 5.65 Å². The predicted molar refractivity (Wildman–Crippen MR) is 157 cm³/mol. The maximum atomic E-state index is 13.9. The molecular formula is C32H32F2N6O3. The highest BCUT2D eigenvalue weighted by Gasteiger charge is 2.23. The maximum absolute atomic E-state index is 13.9. The van der Waals surface area contributed by atoms with Crippen LogP contribution in [-0.2, 0) is 26.0 Å². The molecule has 0 aliphatic rings. The van der Waals surface area contributed by atoms with Crippen LogP contribution in [0.3, 0.4) is 0 Å². The van der Waals surface area contributed by atoms with Gasteiger partial charge in [0, 0.05) is 30.9 Å². The molecule has 2 heterocycles. The van der Waals surface area contributed by atoms with E-state index < -0.39 is 29.7 Å². The molecule has 0 spiro atoms. The van der Waals surface area contributed by atoms with Crippen molar-refractivity contribution in [2.24, 2.45) is 0 Å². The molecular weight excluding hydrogens is 554 g/mol. The Bertz CT molecular complexity index is 1670. The highest BCUT2D eigenvalue weighted by atomic mass is 19.1. The number of aryl methyl sites for hydroxylation is 1. The van der Waals surface area contributed by atoms with E-state index in [0.717, 1.165) is 18.1 Å². The van der Waals surface area contributed by atoms with Crippen LogP contribution < -0.4 is 15.5 Å². The second kappa shape index (κ2) is 14.0. The fourth-order valence-electron chi connectivity index (χ4n) is 4.75. The van der Waals surface area contributed by atoms with Crippen LogP contribution >= 0.6 is 0 Å². The van der Waals surface area contributed by atoms with E-state index in [1.54, 1.807) is 42.6 Å². The molecule has 0 aliphatic heterocycles. The van der Waals surface area contributed by atoms with E-state index >= 15 is 0 Å². The SMILES string of the molecule is CCc1cccc(CNCC(O)C(Cc2cc(F)cc(F)c2)NC(=O)c2cccc(COn3nnc4cccnc43)c2)c1. The van der Waals surface area contributed by atoms with Gasteiger partial charge in [-0.3, -0.25) is 4.79 Å². The summed E-state index contributed by atoms with van der Waals surface area (Å²) in [7, 11) is 0. The van der Waals surface area contributed by atoms with E-state index in [4.69, 9.17) is 4.84 Å². The number of aliphatic hydroxyl groups excluding tert-OH is 1. The van der Waals surface area contributed by atoms with Gasteiger partial charge in [0.25, 0.3) is 5.91 Å². The molecule has 222 valence electrons. The number of aromatic nitrogens is 4. The van der Waals surface area contributed by atoms with Crippen molar-refractivity contribution in [1.29, 1.82) is 0 Å². The number of benzene rings is 3. The first-order chi connectivity index (χ1) is 20.9. The molecule has 43 heavy (non-hydrogen) atoms. The quantitative estimate of drug-likeness (QED) is 0.192. The van der Waals surface area contributed by atoms with Crippen molar-refractivity contribution in [1.82, 2.24) is 30.8 Å². The Kier molecular flexibility index (Phi) is 9.65. The number of pyridine rings is 1. The van der Waals surface area contributed by atoms with Gasteiger partial charge in [-0.1, -0.05) is 48.2 Å². The van der Waals surface area contributed by atoms with E-state index in [2.05, 4.69) is 45.0 Å². The summed E-state index contributed by atoms with van der Waals surface area (Å²) in [5.41, 5.74) is 4.65. The van der Waals surface area contributed by atoms with Crippen molar-refractivity contribution in [2.75, 3.05) is 6.54 Å². The van der Waals surface area contributed by atoms with Crippen molar-refractivity contribution >= 4 is 17.1 Å². The highest BCUT2D eigenvalue weighted by Crippen LogP contribution is 2.14. The van der Waals surface area contributed by atoms with Gasteiger partial charge in [0.15, 0.2) is 0 Å². The van der Waals surface area contributed by atoms with Gasteiger partial charge in [0.05, 0.1) is 12.1 Å². The Labute approximate surface area is 247 Å².